The lowest BCUT2D eigenvalue weighted by Crippen LogP contribution is -2.25. The molecule has 1 unspecified atom stereocenters. The van der Waals surface area contributed by atoms with Gasteiger partial charge in [0.05, 0.1) is 24.9 Å². The second-order valence-corrected chi connectivity index (χ2v) is 7.11. The van der Waals surface area contributed by atoms with Gasteiger partial charge >= 0.3 is 0 Å². The van der Waals surface area contributed by atoms with Crippen molar-refractivity contribution < 1.29 is 9.26 Å². The molecule has 0 radical (unpaired) electrons. The molecule has 2 aromatic heterocycles. The van der Waals surface area contributed by atoms with Crippen molar-refractivity contribution in [2.24, 2.45) is 7.05 Å². The van der Waals surface area contributed by atoms with Crippen molar-refractivity contribution in [1.82, 2.24) is 24.6 Å². The summed E-state index contributed by atoms with van der Waals surface area (Å²) in [7, 11) is 3.86. The van der Waals surface area contributed by atoms with Crippen molar-refractivity contribution in [2.45, 2.75) is 57.5 Å². The van der Waals surface area contributed by atoms with Crippen LogP contribution in [0.15, 0.2) is 4.52 Å². The van der Waals surface area contributed by atoms with Crippen LogP contribution < -0.4 is 0 Å². The predicted molar refractivity (Wildman–Crippen MR) is 92.1 cm³/mol. The highest BCUT2D eigenvalue weighted by atomic mass is 16.5. The number of hydrogen-bond donors (Lipinski definition) is 0. The topological polar surface area (TPSA) is 69.2 Å². The summed E-state index contributed by atoms with van der Waals surface area (Å²) in [6.45, 7) is 2.37. The third kappa shape index (κ3) is 3.35. The largest absolute Gasteiger partial charge is 0.384 e. The molecule has 7 heteroatoms. The minimum Gasteiger partial charge on any atom is -0.384 e. The van der Waals surface area contributed by atoms with Crippen molar-refractivity contribution in [3.63, 3.8) is 0 Å². The third-order valence-corrected chi connectivity index (χ3v) is 5.45. The molecule has 0 spiro atoms. The SMILES string of the molecule is COCCc1noc(CN2CCCC2c2nc3c(n2C)CCCC3)n1. The number of fused-ring (bicyclic) bond motifs is 1. The zero-order valence-corrected chi connectivity index (χ0v) is 15.2. The lowest BCUT2D eigenvalue weighted by atomic mass is 10.0. The fourth-order valence-corrected chi connectivity index (χ4v) is 4.14. The van der Waals surface area contributed by atoms with Crippen LogP contribution in [-0.2, 0) is 37.6 Å². The van der Waals surface area contributed by atoms with Gasteiger partial charge in [-0.05, 0) is 45.1 Å². The van der Waals surface area contributed by atoms with Gasteiger partial charge in [0.1, 0.15) is 5.82 Å². The summed E-state index contributed by atoms with van der Waals surface area (Å²) in [6, 6.07) is 0.352. The Morgan fingerprint density at radius 1 is 1.20 bits per heavy atom. The minimum atomic E-state index is 0.352. The van der Waals surface area contributed by atoms with Gasteiger partial charge in [-0.3, -0.25) is 4.90 Å². The van der Waals surface area contributed by atoms with Crippen molar-refractivity contribution in [3.05, 3.63) is 28.9 Å². The first-order valence-corrected chi connectivity index (χ1v) is 9.35. The lowest BCUT2D eigenvalue weighted by molar-refractivity contribution is 0.198. The molecule has 1 aliphatic heterocycles. The van der Waals surface area contributed by atoms with Crippen LogP contribution in [0.1, 0.15) is 60.7 Å². The Morgan fingerprint density at radius 3 is 2.92 bits per heavy atom. The molecule has 0 amide bonds. The average molecular weight is 345 g/mol. The maximum absolute atomic E-state index is 5.43. The van der Waals surface area contributed by atoms with E-state index in [-0.39, 0.29) is 0 Å². The maximum atomic E-state index is 5.43. The molecule has 4 rings (SSSR count). The standard InChI is InChI=1S/C18H27N5O2/c1-22-14-7-4-3-6-13(14)19-18(22)15-8-5-10-23(15)12-17-20-16(21-25-17)9-11-24-2/h15H,3-12H2,1-2H3. The molecular formula is C18H27N5O2. The highest BCUT2D eigenvalue weighted by Crippen LogP contribution is 2.34. The van der Waals surface area contributed by atoms with Gasteiger partial charge in [-0.15, -0.1) is 0 Å². The maximum Gasteiger partial charge on any atom is 0.240 e. The fourth-order valence-electron chi connectivity index (χ4n) is 4.14. The van der Waals surface area contributed by atoms with E-state index < -0.39 is 0 Å². The lowest BCUT2D eigenvalue weighted by Gasteiger charge is -2.22. The molecule has 0 aromatic carbocycles. The van der Waals surface area contributed by atoms with Gasteiger partial charge in [-0.1, -0.05) is 5.16 Å². The summed E-state index contributed by atoms with van der Waals surface area (Å²) in [4.78, 5) is 11.9. The number of likely N-dealkylation sites (tertiary alicyclic amines) is 1. The van der Waals surface area contributed by atoms with Crippen LogP contribution in [-0.4, -0.2) is 44.9 Å². The molecule has 1 atom stereocenters. The van der Waals surface area contributed by atoms with Crippen LogP contribution in [0.2, 0.25) is 0 Å². The Hall–Kier alpha value is -1.73. The van der Waals surface area contributed by atoms with Gasteiger partial charge in [0, 0.05) is 26.3 Å². The normalized spacial score (nSPS) is 21.0. The van der Waals surface area contributed by atoms with E-state index in [0.29, 0.717) is 31.5 Å². The molecule has 136 valence electrons. The van der Waals surface area contributed by atoms with E-state index in [0.717, 1.165) is 31.6 Å². The summed E-state index contributed by atoms with van der Waals surface area (Å²) in [6.07, 6.45) is 7.87. The van der Waals surface area contributed by atoms with Crippen molar-refractivity contribution in [3.8, 4) is 0 Å². The molecule has 1 aliphatic carbocycles. The molecule has 0 bridgehead atoms. The van der Waals surface area contributed by atoms with Gasteiger partial charge in [-0.25, -0.2) is 4.98 Å². The summed E-state index contributed by atoms with van der Waals surface area (Å²) in [5, 5.41) is 4.05. The molecule has 2 aromatic rings. The Labute approximate surface area is 148 Å². The van der Waals surface area contributed by atoms with Gasteiger partial charge in [-0.2, -0.15) is 4.98 Å². The minimum absolute atomic E-state index is 0.352. The quantitative estimate of drug-likeness (QED) is 0.799. The van der Waals surface area contributed by atoms with Crippen LogP contribution in [0.5, 0.6) is 0 Å². The van der Waals surface area contributed by atoms with E-state index in [1.54, 1.807) is 7.11 Å². The smallest absolute Gasteiger partial charge is 0.240 e. The third-order valence-electron chi connectivity index (χ3n) is 5.45. The van der Waals surface area contributed by atoms with E-state index in [9.17, 15) is 0 Å². The molecule has 0 N–H and O–H groups in total. The monoisotopic (exact) mass is 345 g/mol. The number of imidazole rings is 1. The number of methoxy groups -OCH3 is 1. The summed E-state index contributed by atoms with van der Waals surface area (Å²) < 4.78 is 12.8. The zero-order valence-electron chi connectivity index (χ0n) is 15.2. The Bertz CT molecular complexity index is 723. The highest BCUT2D eigenvalue weighted by Gasteiger charge is 2.32. The number of rotatable bonds is 6. The van der Waals surface area contributed by atoms with E-state index >= 15 is 0 Å². The summed E-state index contributed by atoms with van der Waals surface area (Å²) in [5.41, 5.74) is 2.75. The number of nitrogens with zero attached hydrogens (tertiary/aromatic N) is 5. The fraction of sp³-hybridized carbons (Fsp3) is 0.722. The summed E-state index contributed by atoms with van der Waals surface area (Å²) in [5.74, 6) is 2.63. The van der Waals surface area contributed by atoms with Gasteiger partial charge in [0.15, 0.2) is 5.82 Å². The van der Waals surface area contributed by atoms with Crippen molar-refractivity contribution in [2.75, 3.05) is 20.3 Å². The molecule has 0 saturated carbocycles. The second kappa shape index (κ2) is 7.25. The molecule has 3 heterocycles. The molecule has 2 aliphatic rings. The van der Waals surface area contributed by atoms with Crippen molar-refractivity contribution >= 4 is 0 Å². The van der Waals surface area contributed by atoms with Crippen LogP contribution in [0.3, 0.4) is 0 Å². The van der Waals surface area contributed by atoms with Crippen LogP contribution in [0.4, 0.5) is 0 Å². The number of aryl methyl sites for hydroxylation is 1. The Balaban J connectivity index is 1.49. The number of hydrogen-bond acceptors (Lipinski definition) is 6. The van der Waals surface area contributed by atoms with Crippen LogP contribution >= 0.6 is 0 Å². The van der Waals surface area contributed by atoms with Crippen molar-refractivity contribution in [1.29, 1.82) is 0 Å². The first-order chi connectivity index (χ1) is 12.3. The summed E-state index contributed by atoms with van der Waals surface area (Å²) >= 11 is 0. The molecular weight excluding hydrogens is 318 g/mol. The molecule has 1 fully saturated rings. The second-order valence-electron chi connectivity index (χ2n) is 7.11. The zero-order chi connectivity index (χ0) is 17.2. The van der Waals surface area contributed by atoms with E-state index in [4.69, 9.17) is 14.2 Å². The molecule has 1 saturated heterocycles. The number of ether oxygens (including phenoxy) is 1. The first-order valence-electron chi connectivity index (χ1n) is 9.35. The first kappa shape index (κ1) is 16.7. The highest BCUT2D eigenvalue weighted by molar-refractivity contribution is 5.22. The molecule has 25 heavy (non-hydrogen) atoms. The number of aromatic nitrogens is 4. The Morgan fingerprint density at radius 2 is 2.08 bits per heavy atom. The van der Waals surface area contributed by atoms with Gasteiger partial charge in [0.25, 0.3) is 0 Å². The van der Waals surface area contributed by atoms with E-state index in [1.807, 2.05) is 0 Å². The van der Waals surface area contributed by atoms with Gasteiger partial charge < -0.3 is 13.8 Å². The predicted octanol–water partition coefficient (Wildman–Crippen LogP) is 2.21. The van der Waals surface area contributed by atoms with E-state index in [1.165, 1.54) is 36.5 Å². The van der Waals surface area contributed by atoms with Crippen LogP contribution in [0.25, 0.3) is 0 Å². The molecule has 7 nitrogen and oxygen atoms in total. The Kier molecular flexibility index (Phi) is 4.85. The van der Waals surface area contributed by atoms with Gasteiger partial charge in [0.2, 0.25) is 5.89 Å². The average Bonchev–Trinajstić information content (AvgIpc) is 3.34. The van der Waals surface area contributed by atoms with E-state index in [2.05, 4.69) is 26.7 Å². The van der Waals surface area contributed by atoms with Crippen LogP contribution in [0, 0.1) is 0 Å².